The van der Waals surface area contributed by atoms with Crippen LogP contribution in [-0.2, 0) is 16.0 Å². The standard InChI is InChI=1S/C18H24N4O3/c1-4-24-18(23)16-6-5-8-19-17(16)22-9-7-15(20-22)12-21-10-13(2)25-14(3)11-21/h5-9,13-14H,4,10-12H2,1-3H3/t13-,14+. The maximum Gasteiger partial charge on any atom is 0.341 e. The first-order valence-corrected chi connectivity index (χ1v) is 8.61. The molecule has 7 nitrogen and oxygen atoms in total. The summed E-state index contributed by atoms with van der Waals surface area (Å²) in [6.45, 7) is 8.78. The molecule has 2 aromatic heterocycles. The van der Waals surface area contributed by atoms with E-state index in [9.17, 15) is 4.79 Å². The molecule has 25 heavy (non-hydrogen) atoms. The average molecular weight is 344 g/mol. The second kappa shape index (κ2) is 7.76. The van der Waals surface area contributed by atoms with E-state index < -0.39 is 5.97 Å². The van der Waals surface area contributed by atoms with E-state index in [0.29, 0.717) is 18.0 Å². The van der Waals surface area contributed by atoms with Crippen molar-refractivity contribution in [3.05, 3.63) is 41.9 Å². The molecule has 1 saturated heterocycles. The fraction of sp³-hybridized carbons (Fsp3) is 0.500. The number of carbonyl (C=O) groups excluding carboxylic acids is 1. The second-order valence-electron chi connectivity index (χ2n) is 6.30. The smallest absolute Gasteiger partial charge is 0.341 e. The summed E-state index contributed by atoms with van der Waals surface area (Å²) in [5.41, 5.74) is 1.34. The Bertz CT molecular complexity index is 721. The topological polar surface area (TPSA) is 69.5 Å². The number of hydrogen-bond donors (Lipinski definition) is 0. The summed E-state index contributed by atoms with van der Waals surface area (Å²) in [5, 5.41) is 4.59. The number of hydrogen-bond acceptors (Lipinski definition) is 6. The van der Waals surface area contributed by atoms with Crippen molar-refractivity contribution in [3.8, 4) is 5.82 Å². The van der Waals surface area contributed by atoms with Gasteiger partial charge in [0.05, 0.1) is 24.5 Å². The molecule has 0 N–H and O–H groups in total. The Morgan fingerprint density at radius 1 is 1.32 bits per heavy atom. The molecule has 0 spiro atoms. The van der Waals surface area contributed by atoms with Gasteiger partial charge in [0.1, 0.15) is 5.56 Å². The third kappa shape index (κ3) is 4.24. The first kappa shape index (κ1) is 17.6. The van der Waals surface area contributed by atoms with Crippen LogP contribution in [0.4, 0.5) is 0 Å². The van der Waals surface area contributed by atoms with Gasteiger partial charge in [-0.1, -0.05) is 0 Å². The molecule has 3 heterocycles. The summed E-state index contributed by atoms with van der Waals surface area (Å²) in [5.74, 6) is 0.0920. The van der Waals surface area contributed by atoms with E-state index in [1.807, 2.05) is 12.3 Å². The van der Waals surface area contributed by atoms with Gasteiger partial charge >= 0.3 is 5.97 Å². The summed E-state index contributed by atoms with van der Waals surface area (Å²) < 4.78 is 12.5. The van der Waals surface area contributed by atoms with Crippen LogP contribution in [0, 0.1) is 0 Å². The number of nitrogens with zero attached hydrogens (tertiary/aromatic N) is 4. The minimum atomic E-state index is -0.390. The summed E-state index contributed by atoms with van der Waals surface area (Å²) in [6, 6.07) is 5.37. The molecule has 2 aromatic rings. The highest BCUT2D eigenvalue weighted by atomic mass is 16.5. The largest absolute Gasteiger partial charge is 0.462 e. The Hall–Kier alpha value is -2.25. The molecule has 2 atom stereocenters. The van der Waals surface area contributed by atoms with Crippen molar-refractivity contribution in [3.63, 3.8) is 0 Å². The molecule has 7 heteroatoms. The Labute approximate surface area is 147 Å². The van der Waals surface area contributed by atoms with Crippen molar-refractivity contribution in [1.82, 2.24) is 19.7 Å². The quantitative estimate of drug-likeness (QED) is 0.773. The lowest BCUT2D eigenvalue weighted by molar-refractivity contribution is -0.0707. The monoisotopic (exact) mass is 344 g/mol. The summed E-state index contributed by atoms with van der Waals surface area (Å²) >= 11 is 0. The number of pyridine rings is 1. The van der Waals surface area contributed by atoms with Crippen LogP contribution < -0.4 is 0 Å². The highest BCUT2D eigenvalue weighted by molar-refractivity contribution is 5.92. The molecular formula is C18H24N4O3. The maximum absolute atomic E-state index is 12.1. The molecule has 0 amide bonds. The van der Waals surface area contributed by atoms with Crippen LogP contribution in [0.1, 0.15) is 36.8 Å². The third-order valence-corrected chi connectivity index (χ3v) is 4.02. The van der Waals surface area contributed by atoms with Crippen LogP contribution in [0.3, 0.4) is 0 Å². The second-order valence-corrected chi connectivity index (χ2v) is 6.30. The van der Waals surface area contributed by atoms with Crippen LogP contribution in [-0.4, -0.2) is 57.5 Å². The van der Waals surface area contributed by atoms with Crippen molar-refractivity contribution in [2.45, 2.75) is 39.5 Å². The maximum atomic E-state index is 12.1. The molecular weight excluding hydrogens is 320 g/mol. The van der Waals surface area contributed by atoms with Crippen molar-refractivity contribution in [2.24, 2.45) is 0 Å². The van der Waals surface area contributed by atoms with E-state index in [2.05, 4.69) is 28.8 Å². The highest BCUT2D eigenvalue weighted by Crippen LogP contribution is 2.16. The molecule has 0 aliphatic carbocycles. The summed E-state index contributed by atoms with van der Waals surface area (Å²) in [7, 11) is 0. The van der Waals surface area contributed by atoms with Crippen molar-refractivity contribution in [1.29, 1.82) is 0 Å². The van der Waals surface area contributed by atoms with Crippen LogP contribution in [0.25, 0.3) is 5.82 Å². The van der Waals surface area contributed by atoms with Gasteiger partial charge in [-0.25, -0.2) is 14.5 Å². The molecule has 0 bridgehead atoms. The van der Waals surface area contributed by atoms with Gasteiger partial charge in [-0.15, -0.1) is 0 Å². The van der Waals surface area contributed by atoms with Gasteiger partial charge in [-0.05, 0) is 39.0 Å². The van der Waals surface area contributed by atoms with Crippen molar-refractivity contribution < 1.29 is 14.3 Å². The number of rotatable bonds is 5. The van der Waals surface area contributed by atoms with Crippen LogP contribution >= 0.6 is 0 Å². The molecule has 0 aromatic carbocycles. The predicted molar refractivity (Wildman–Crippen MR) is 92.6 cm³/mol. The zero-order valence-corrected chi connectivity index (χ0v) is 14.9. The van der Waals surface area contributed by atoms with E-state index in [1.165, 1.54) is 0 Å². The van der Waals surface area contributed by atoms with Crippen LogP contribution in [0.15, 0.2) is 30.6 Å². The fourth-order valence-corrected chi connectivity index (χ4v) is 3.15. The molecule has 134 valence electrons. The number of aromatic nitrogens is 3. The van der Waals surface area contributed by atoms with Gasteiger partial charge in [-0.2, -0.15) is 5.10 Å². The Balaban J connectivity index is 1.77. The van der Waals surface area contributed by atoms with Crippen LogP contribution in [0.5, 0.6) is 0 Å². The third-order valence-electron chi connectivity index (χ3n) is 4.02. The Kier molecular flexibility index (Phi) is 5.45. The molecule has 1 aliphatic rings. The minimum Gasteiger partial charge on any atom is -0.462 e. The van der Waals surface area contributed by atoms with E-state index in [0.717, 1.165) is 25.3 Å². The lowest BCUT2D eigenvalue weighted by Gasteiger charge is -2.34. The van der Waals surface area contributed by atoms with Crippen molar-refractivity contribution in [2.75, 3.05) is 19.7 Å². The SMILES string of the molecule is CCOC(=O)c1cccnc1-n1ccc(CN2C[C@@H](C)O[C@@H](C)C2)n1. The molecule has 1 aliphatic heterocycles. The average Bonchev–Trinajstić information content (AvgIpc) is 3.02. The highest BCUT2D eigenvalue weighted by Gasteiger charge is 2.23. The molecule has 3 rings (SSSR count). The predicted octanol–water partition coefficient (Wildman–Crippen LogP) is 2.05. The number of esters is 1. The van der Waals surface area contributed by atoms with Gasteiger partial charge in [-0.3, -0.25) is 4.90 Å². The zero-order chi connectivity index (χ0) is 17.8. The lowest BCUT2D eigenvalue weighted by Crippen LogP contribution is -2.44. The van der Waals surface area contributed by atoms with E-state index in [1.54, 1.807) is 29.9 Å². The van der Waals surface area contributed by atoms with Gasteiger partial charge in [0.15, 0.2) is 5.82 Å². The molecule has 0 radical (unpaired) electrons. The van der Waals surface area contributed by atoms with Crippen molar-refractivity contribution >= 4 is 5.97 Å². The summed E-state index contributed by atoms with van der Waals surface area (Å²) in [4.78, 5) is 18.7. The van der Waals surface area contributed by atoms with Gasteiger partial charge < -0.3 is 9.47 Å². The summed E-state index contributed by atoms with van der Waals surface area (Å²) in [6.07, 6.45) is 3.91. The van der Waals surface area contributed by atoms with Gasteiger partial charge in [0.25, 0.3) is 0 Å². The van der Waals surface area contributed by atoms with E-state index in [4.69, 9.17) is 9.47 Å². The lowest BCUT2D eigenvalue weighted by atomic mass is 10.2. The first-order chi connectivity index (χ1) is 12.1. The number of ether oxygens (including phenoxy) is 2. The minimum absolute atomic E-state index is 0.219. The molecule has 1 fully saturated rings. The van der Waals surface area contributed by atoms with E-state index >= 15 is 0 Å². The molecule has 0 unspecified atom stereocenters. The number of carbonyl (C=O) groups is 1. The van der Waals surface area contributed by atoms with Gasteiger partial charge in [0, 0.05) is 32.0 Å². The van der Waals surface area contributed by atoms with E-state index in [-0.39, 0.29) is 12.2 Å². The van der Waals surface area contributed by atoms with Gasteiger partial charge in [0.2, 0.25) is 0 Å². The number of morpholine rings is 1. The molecule has 0 saturated carbocycles. The van der Waals surface area contributed by atoms with Crippen LogP contribution in [0.2, 0.25) is 0 Å². The first-order valence-electron chi connectivity index (χ1n) is 8.61. The fourth-order valence-electron chi connectivity index (χ4n) is 3.15. The Morgan fingerprint density at radius 3 is 2.80 bits per heavy atom. The zero-order valence-electron chi connectivity index (χ0n) is 14.9. The normalized spacial score (nSPS) is 21.2. The Morgan fingerprint density at radius 2 is 2.08 bits per heavy atom.